The molecule has 0 amide bonds. The summed E-state index contributed by atoms with van der Waals surface area (Å²) in [6.07, 6.45) is 0. The maximum atomic E-state index is 14.1. The van der Waals surface area contributed by atoms with Crippen LogP contribution < -0.4 is 15.2 Å². The number of hydrogen-bond donors (Lipinski definition) is 2. The van der Waals surface area contributed by atoms with E-state index in [-0.39, 0.29) is 5.75 Å². The van der Waals surface area contributed by atoms with Gasteiger partial charge in [0.05, 0.1) is 19.9 Å². The number of benzene rings is 1. The summed E-state index contributed by atoms with van der Waals surface area (Å²) >= 11 is 0. The number of rotatable bonds is 3. The van der Waals surface area contributed by atoms with Gasteiger partial charge in [-0.3, -0.25) is 5.10 Å². The van der Waals surface area contributed by atoms with Gasteiger partial charge in [-0.15, -0.1) is 0 Å². The molecule has 0 saturated heterocycles. The number of nitrogens with one attached hydrogen (secondary N) is 1. The molecule has 3 N–H and O–H groups in total. The van der Waals surface area contributed by atoms with Gasteiger partial charge in [0.25, 0.3) is 0 Å². The zero-order chi connectivity index (χ0) is 12.4. The van der Waals surface area contributed by atoms with E-state index in [4.69, 9.17) is 15.2 Å². The second-order valence-electron chi connectivity index (χ2n) is 3.37. The van der Waals surface area contributed by atoms with Gasteiger partial charge in [0.1, 0.15) is 5.82 Å². The van der Waals surface area contributed by atoms with Crippen molar-refractivity contribution in [3.63, 3.8) is 0 Å². The molecule has 0 spiro atoms. The largest absolute Gasteiger partial charge is 0.493 e. The third-order valence-corrected chi connectivity index (χ3v) is 2.37. The quantitative estimate of drug-likeness (QED) is 0.853. The highest BCUT2D eigenvalue weighted by Gasteiger charge is 2.17. The zero-order valence-electron chi connectivity index (χ0n) is 9.45. The van der Waals surface area contributed by atoms with Crippen LogP contribution >= 0.6 is 0 Å². The number of ether oxygens (including phenoxy) is 2. The Labute approximate surface area is 97.3 Å². The first-order valence-electron chi connectivity index (χ1n) is 4.89. The molecule has 0 aliphatic rings. The maximum absolute atomic E-state index is 14.1. The third-order valence-electron chi connectivity index (χ3n) is 2.37. The van der Waals surface area contributed by atoms with Crippen LogP contribution in [0.1, 0.15) is 0 Å². The molecule has 2 aromatic rings. The van der Waals surface area contributed by atoms with Crippen molar-refractivity contribution in [2.75, 3.05) is 20.0 Å². The average molecular weight is 237 g/mol. The first-order valence-corrected chi connectivity index (χ1v) is 4.89. The van der Waals surface area contributed by atoms with Crippen LogP contribution in [0.4, 0.5) is 10.2 Å². The van der Waals surface area contributed by atoms with Gasteiger partial charge < -0.3 is 15.2 Å². The molecule has 17 heavy (non-hydrogen) atoms. The Morgan fingerprint density at radius 3 is 2.59 bits per heavy atom. The highest BCUT2D eigenvalue weighted by atomic mass is 19.1. The molecule has 0 radical (unpaired) electrons. The van der Waals surface area contributed by atoms with Crippen LogP contribution in [-0.4, -0.2) is 24.4 Å². The molecule has 2 rings (SSSR count). The number of nitrogens with two attached hydrogens (primary N) is 1. The first kappa shape index (κ1) is 11.3. The molecule has 1 heterocycles. The Bertz CT molecular complexity index is 540. The molecule has 90 valence electrons. The van der Waals surface area contributed by atoms with Crippen LogP contribution in [0, 0.1) is 5.82 Å². The molecular formula is C11H12FN3O2. The molecule has 1 aromatic carbocycles. The standard InChI is InChI=1S/C11H12FN3O2/c1-16-8-4-3-6(10(12)11(8)17-2)7-5-9(13)15-14-7/h3-5H,1-2H3,(H3,13,14,15). The Morgan fingerprint density at radius 2 is 2.06 bits per heavy atom. The fraction of sp³-hybridized carbons (Fsp3) is 0.182. The molecule has 0 fully saturated rings. The highest BCUT2D eigenvalue weighted by molar-refractivity contribution is 5.67. The van der Waals surface area contributed by atoms with Gasteiger partial charge in [0.15, 0.2) is 17.3 Å². The summed E-state index contributed by atoms with van der Waals surface area (Å²) in [6.45, 7) is 0. The molecule has 0 aliphatic carbocycles. The lowest BCUT2D eigenvalue weighted by molar-refractivity contribution is 0.338. The molecule has 0 saturated carbocycles. The summed E-state index contributed by atoms with van der Waals surface area (Å²) in [7, 11) is 2.83. The van der Waals surface area contributed by atoms with E-state index >= 15 is 0 Å². The van der Waals surface area contributed by atoms with Crippen LogP contribution in [0.2, 0.25) is 0 Å². The number of halogens is 1. The van der Waals surface area contributed by atoms with E-state index in [0.29, 0.717) is 22.8 Å². The lowest BCUT2D eigenvalue weighted by atomic mass is 10.1. The number of hydrogen-bond acceptors (Lipinski definition) is 4. The fourth-order valence-corrected chi connectivity index (χ4v) is 1.57. The highest BCUT2D eigenvalue weighted by Crippen LogP contribution is 2.36. The van der Waals surface area contributed by atoms with Crippen molar-refractivity contribution in [3.05, 3.63) is 24.0 Å². The minimum atomic E-state index is -0.518. The maximum Gasteiger partial charge on any atom is 0.197 e. The monoisotopic (exact) mass is 237 g/mol. The van der Waals surface area contributed by atoms with Crippen molar-refractivity contribution in [2.45, 2.75) is 0 Å². The summed E-state index contributed by atoms with van der Waals surface area (Å²) in [5.41, 5.74) is 6.28. The number of H-pyrrole nitrogens is 1. The van der Waals surface area contributed by atoms with Crippen molar-refractivity contribution in [3.8, 4) is 22.8 Å². The van der Waals surface area contributed by atoms with Crippen LogP contribution in [0.3, 0.4) is 0 Å². The number of aromatic amines is 1. The molecule has 0 atom stereocenters. The topological polar surface area (TPSA) is 73.2 Å². The number of nitrogen functional groups attached to an aromatic ring is 1. The Balaban J connectivity index is 2.56. The van der Waals surface area contributed by atoms with Crippen LogP contribution in [-0.2, 0) is 0 Å². The van der Waals surface area contributed by atoms with Gasteiger partial charge in [0.2, 0.25) is 0 Å². The summed E-state index contributed by atoms with van der Waals surface area (Å²) in [4.78, 5) is 0. The van der Waals surface area contributed by atoms with Crippen LogP contribution in [0.5, 0.6) is 11.5 Å². The van der Waals surface area contributed by atoms with E-state index in [1.807, 2.05) is 0 Å². The summed E-state index contributed by atoms with van der Waals surface area (Å²) in [6, 6.07) is 4.74. The van der Waals surface area contributed by atoms with E-state index in [9.17, 15) is 4.39 Å². The number of anilines is 1. The van der Waals surface area contributed by atoms with Gasteiger partial charge in [-0.2, -0.15) is 5.10 Å². The van der Waals surface area contributed by atoms with Crippen molar-refractivity contribution in [1.82, 2.24) is 10.2 Å². The van der Waals surface area contributed by atoms with E-state index in [2.05, 4.69) is 10.2 Å². The fourth-order valence-electron chi connectivity index (χ4n) is 1.57. The van der Waals surface area contributed by atoms with Crippen molar-refractivity contribution >= 4 is 5.82 Å². The summed E-state index contributed by atoms with van der Waals surface area (Å²) < 4.78 is 24.1. The lowest BCUT2D eigenvalue weighted by Crippen LogP contribution is -1.96. The zero-order valence-corrected chi connectivity index (χ0v) is 9.45. The van der Waals surface area contributed by atoms with Crippen molar-refractivity contribution < 1.29 is 13.9 Å². The van der Waals surface area contributed by atoms with Gasteiger partial charge in [0, 0.05) is 11.6 Å². The van der Waals surface area contributed by atoms with Crippen LogP contribution in [0.25, 0.3) is 11.3 Å². The minimum Gasteiger partial charge on any atom is -0.493 e. The smallest absolute Gasteiger partial charge is 0.197 e. The van der Waals surface area contributed by atoms with E-state index in [1.165, 1.54) is 14.2 Å². The lowest BCUT2D eigenvalue weighted by Gasteiger charge is -2.10. The molecular weight excluding hydrogens is 225 g/mol. The predicted molar refractivity (Wildman–Crippen MR) is 61.5 cm³/mol. The Kier molecular flexibility index (Phi) is 2.86. The van der Waals surface area contributed by atoms with Gasteiger partial charge in [-0.25, -0.2) is 4.39 Å². The molecule has 6 heteroatoms. The summed E-state index contributed by atoms with van der Waals surface area (Å²) in [5.74, 6) is 0.170. The second-order valence-corrected chi connectivity index (χ2v) is 3.37. The molecule has 1 aromatic heterocycles. The van der Waals surface area contributed by atoms with Gasteiger partial charge >= 0.3 is 0 Å². The SMILES string of the molecule is COc1ccc(-c2cc(N)n[nH]2)c(F)c1OC. The predicted octanol–water partition coefficient (Wildman–Crippen LogP) is 1.82. The number of aromatic nitrogens is 2. The molecule has 0 aliphatic heterocycles. The summed E-state index contributed by atoms with van der Waals surface area (Å²) in [5, 5.41) is 6.39. The number of nitrogens with zero attached hydrogens (tertiary/aromatic N) is 1. The third kappa shape index (κ3) is 1.89. The van der Waals surface area contributed by atoms with E-state index in [0.717, 1.165) is 0 Å². The minimum absolute atomic E-state index is 0.0539. The average Bonchev–Trinajstić information content (AvgIpc) is 2.75. The molecule has 0 unspecified atom stereocenters. The van der Waals surface area contributed by atoms with Crippen molar-refractivity contribution in [1.29, 1.82) is 0 Å². The second kappa shape index (κ2) is 4.32. The normalized spacial score (nSPS) is 10.3. The first-order chi connectivity index (χ1) is 8.17. The Hall–Kier alpha value is -2.24. The Morgan fingerprint density at radius 1 is 1.29 bits per heavy atom. The van der Waals surface area contributed by atoms with Gasteiger partial charge in [-0.1, -0.05) is 0 Å². The van der Waals surface area contributed by atoms with E-state index in [1.54, 1.807) is 18.2 Å². The molecule has 0 bridgehead atoms. The van der Waals surface area contributed by atoms with Crippen molar-refractivity contribution in [2.24, 2.45) is 0 Å². The molecule has 5 nitrogen and oxygen atoms in total. The number of methoxy groups -OCH3 is 2. The van der Waals surface area contributed by atoms with Gasteiger partial charge in [-0.05, 0) is 12.1 Å². The van der Waals surface area contributed by atoms with Crippen LogP contribution in [0.15, 0.2) is 18.2 Å². The van der Waals surface area contributed by atoms with E-state index < -0.39 is 5.82 Å².